The predicted molar refractivity (Wildman–Crippen MR) is 56.8 cm³/mol. The van der Waals surface area contributed by atoms with Crippen LogP contribution in [0.15, 0.2) is 18.2 Å². The lowest BCUT2D eigenvalue weighted by Gasteiger charge is -2.09. The Morgan fingerprint density at radius 1 is 1.53 bits per heavy atom. The number of ether oxygens (including phenoxy) is 1. The zero-order valence-electron chi connectivity index (χ0n) is 8.59. The highest BCUT2D eigenvalue weighted by molar-refractivity contribution is 6.30. The van der Waals surface area contributed by atoms with E-state index < -0.39 is 11.2 Å². The molecule has 1 unspecified atom stereocenters. The lowest BCUT2D eigenvalue weighted by atomic mass is 10.1. The summed E-state index contributed by atoms with van der Waals surface area (Å²) in [7, 11) is 0. The second kappa shape index (κ2) is 5.12. The third kappa shape index (κ3) is 3.20. The fourth-order valence-corrected chi connectivity index (χ4v) is 1.34. The van der Waals surface area contributed by atoms with E-state index in [9.17, 15) is 9.18 Å². The number of carbonyl (C=O) groups excluding carboxylic acids is 1. The summed E-state index contributed by atoms with van der Waals surface area (Å²) in [6.07, 6.45) is 0. The second-order valence-electron chi connectivity index (χ2n) is 3.13. The van der Waals surface area contributed by atoms with Gasteiger partial charge in [-0.25, -0.2) is 4.39 Å². The summed E-state index contributed by atoms with van der Waals surface area (Å²) in [5.41, 5.74) is 0.424. The second-order valence-corrected chi connectivity index (χ2v) is 3.56. The van der Waals surface area contributed by atoms with E-state index in [1.807, 2.05) is 0 Å². The van der Waals surface area contributed by atoms with Crippen LogP contribution in [-0.2, 0) is 4.79 Å². The molecule has 0 aliphatic rings. The van der Waals surface area contributed by atoms with E-state index in [-0.39, 0.29) is 5.78 Å². The van der Waals surface area contributed by atoms with Crippen LogP contribution in [0.2, 0.25) is 0 Å². The quantitative estimate of drug-likeness (QED) is 0.743. The van der Waals surface area contributed by atoms with Crippen LogP contribution in [-0.4, -0.2) is 12.4 Å². The van der Waals surface area contributed by atoms with Gasteiger partial charge in [0.2, 0.25) is 0 Å². The van der Waals surface area contributed by atoms with Crippen molar-refractivity contribution in [2.24, 2.45) is 0 Å². The van der Waals surface area contributed by atoms with Gasteiger partial charge in [0, 0.05) is 6.07 Å². The van der Waals surface area contributed by atoms with Gasteiger partial charge in [-0.2, -0.15) is 0 Å². The van der Waals surface area contributed by atoms with Gasteiger partial charge < -0.3 is 4.74 Å². The number of carbonyl (C=O) groups is 1. The van der Waals surface area contributed by atoms with E-state index in [0.29, 0.717) is 17.9 Å². The van der Waals surface area contributed by atoms with Crippen LogP contribution in [0.4, 0.5) is 4.39 Å². The first-order valence-electron chi connectivity index (χ1n) is 4.62. The monoisotopic (exact) mass is 230 g/mol. The van der Waals surface area contributed by atoms with Crippen molar-refractivity contribution in [2.45, 2.75) is 19.2 Å². The average molecular weight is 231 g/mol. The first-order valence-corrected chi connectivity index (χ1v) is 5.06. The highest BCUT2D eigenvalue weighted by Gasteiger charge is 2.15. The van der Waals surface area contributed by atoms with Gasteiger partial charge in [-0.15, -0.1) is 11.6 Å². The largest absolute Gasteiger partial charge is 0.494 e. The normalized spacial score (nSPS) is 12.3. The summed E-state index contributed by atoms with van der Waals surface area (Å²) < 4.78 is 18.3. The summed E-state index contributed by atoms with van der Waals surface area (Å²) in [6.45, 7) is 3.60. The Kier molecular flexibility index (Phi) is 4.09. The lowest BCUT2D eigenvalue weighted by Crippen LogP contribution is -2.03. The molecule has 15 heavy (non-hydrogen) atoms. The minimum absolute atomic E-state index is 0.218. The van der Waals surface area contributed by atoms with E-state index in [0.717, 1.165) is 0 Å². The number of hydrogen-bond acceptors (Lipinski definition) is 2. The number of alkyl halides is 1. The van der Waals surface area contributed by atoms with Crippen LogP contribution < -0.4 is 4.74 Å². The number of rotatable bonds is 4. The van der Waals surface area contributed by atoms with Gasteiger partial charge in [0.25, 0.3) is 0 Å². The van der Waals surface area contributed by atoms with Crippen LogP contribution >= 0.6 is 11.6 Å². The minimum Gasteiger partial charge on any atom is -0.494 e. The number of ketones is 1. The van der Waals surface area contributed by atoms with Gasteiger partial charge in [0.1, 0.15) is 16.9 Å². The van der Waals surface area contributed by atoms with Crippen molar-refractivity contribution < 1.29 is 13.9 Å². The summed E-state index contributed by atoms with van der Waals surface area (Å²) >= 11 is 5.81. The lowest BCUT2D eigenvalue weighted by molar-refractivity contribution is -0.116. The van der Waals surface area contributed by atoms with Gasteiger partial charge >= 0.3 is 0 Å². The van der Waals surface area contributed by atoms with Crippen LogP contribution in [0.5, 0.6) is 5.75 Å². The average Bonchev–Trinajstić information content (AvgIpc) is 2.16. The highest BCUT2D eigenvalue weighted by atomic mass is 35.5. The Bertz CT molecular complexity index is 366. The molecule has 0 saturated carbocycles. The van der Waals surface area contributed by atoms with Crippen LogP contribution in [0, 0.1) is 5.82 Å². The van der Waals surface area contributed by atoms with Crippen molar-refractivity contribution in [3.63, 3.8) is 0 Å². The summed E-state index contributed by atoms with van der Waals surface area (Å²) in [6, 6.07) is 4.07. The first kappa shape index (κ1) is 12.0. The van der Waals surface area contributed by atoms with Crippen molar-refractivity contribution in [2.75, 3.05) is 6.61 Å². The summed E-state index contributed by atoms with van der Waals surface area (Å²) in [5, 5.41) is -0.820. The molecule has 0 aliphatic heterocycles. The van der Waals surface area contributed by atoms with Crippen molar-refractivity contribution in [1.29, 1.82) is 0 Å². The Morgan fingerprint density at radius 3 is 2.73 bits per heavy atom. The van der Waals surface area contributed by atoms with Crippen molar-refractivity contribution >= 4 is 17.4 Å². The number of hydrogen-bond donors (Lipinski definition) is 0. The molecule has 1 aromatic carbocycles. The standard InChI is InChI=1S/C11H12ClFO2/c1-3-15-10-5-8(4-9(13)6-10)11(12)7(2)14/h4-6,11H,3H2,1-2H3. The van der Waals surface area contributed by atoms with Gasteiger partial charge in [0.05, 0.1) is 6.61 Å². The summed E-state index contributed by atoms with van der Waals surface area (Å²) in [4.78, 5) is 11.0. The molecule has 82 valence electrons. The van der Waals surface area contributed by atoms with Crippen LogP contribution in [0.1, 0.15) is 24.8 Å². The zero-order valence-corrected chi connectivity index (χ0v) is 9.34. The minimum atomic E-state index is -0.820. The SMILES string of the molecule is CCOc1cc(F)cc(C(Cl)C(C)=O)c1. The molecule has 0 fully saturated rings. The molecule has 0 amide bonds. The summed E-state index contributed by atoms with van der Waals surface area (Å²) in [5.74, 6) is -0.285. The molecule has 1 aromatic rings. The van der Waals surface area contributed by atoms with E-state index in [2.05, 4.69) is 0 Å². The van der Waals surface area contributed by atoms with Crippen molar-refractivity contribution in [1.82, 2.24) is 0 Å². The van der Waals surface area contributed by atoms with Crippen molar-refractivity contribution in [3.05, 3.63) is 29.6 Å². The molecule has 1 atom stereocenters. The van der Waals surface area contributed by atoms with Crippen LogP contribution in [0.3, 0.4) is 0 Å². The van der Waals surface area contributed by atoms with E-state index in [1.54, 1.807) is 13.0 Å². The van der Waals surface area contributed by atoms with Gasteiger partial charge in [-0.1, -0.05) is 0 Å². The maximum atomic E-state index is 13.1. The Hall–Kier alpha value is -1.09. The molecule has 1 rings (SSSR count). The van der Waals surface area contributed by atoms with Gasteiger partial charge in [-0.3, -0.25) is 4.79 Å². The molecule has 0 bridgehead atoms. The highest BCUT2D eigenvalue weighted by Crippen LogP contribution is 2.26. The fourth-order valence-electron chi connectivity index (χ4n) is 1.22. The molecule has 0 N–H and O–H groups in total. The Labute approximate surface area is 93.0 Å². The third-order valence-corrected chi connectivity index (χ3v) is 2.41. The molecule has 0 heterocycles. The number of benzene rings is 1. The molecule has 0 spiro atoms. The number of halogens is 2. The van der Waals surface area contributed by atoms with E-state index in [4.69, 9.17) is 16.3 Å². The Balaban J connectivity index is 3.02. The van der Waals surface area contributed by atoms with Crippen LogP contribution in [0.25, 0.3) is 0 Å². The molecule has 0 aliphatic carbocycles. The molecule has 0 saturated heterocycles. The van der Waals surface area contributed by atoms with Gasteiger partial charge in [0.15, 0.2) is 5.78 Å². The molecule has 0 radical (unpaired) electrons. The molecular weight excluding hydrogens is 219 g/mol. The zero-order chi connectivity index (χ0) is 11.4. The predicted octanol–water partition coefficient (Wildman–Crippen LogP) is 3.09. The first-order chi connectivity index (χ1) is 7.04. The Morgan fingerprint density at radius 2 is 2.20 bits per heavy atom. The van der Waals surface area contributed by atoms with E-state index >= 15 is 0 Å². The van der Waals surface area contributed by atoms with Gasteiger partial charge in [-0.05, 0) is 31.5 Å². The maximum absolute atomic E-state index is 13.1. The number of Topliss-reactive ketones (excluding diaryl/α,β-unsaturated/α-hetero) is 1. The molecule has 4 heteroatoms. The molecular formula is C11H12ClFO2. The third-order valence-electron chi connectivity index (χ3n) is 1.85. The van der Waals surface area contributed by atoms with E-state index in [1.165, 1.54) is 19.1 Å². The molecule has 0 aromatic heterocycles. The maximum Gasteiger partial charge on any atom is 0.152 e. The smallest absolute Gasteiger partial charge is 0.152 e. The molecule has 2 nitrogen and oxygen atoms in total. The topological polar surface area (TPSA) is 26.3 Å². The van der Waals surface area contributed by atoms with Crippen molar-refractivity contribution in [3.8, 4) is 5.75 Å². The fraction of sp³-hybridized carbons (Fsp3) is 0.364.